The lowest BCUT2D eigenvalue weighted by molar-refractivity contribution is -0.120. The molecule has 24 heavy (non-hydrogen) atoms. The number of hydrogen-bond acceptors (Lipinski definition) is 7. The number of carbonyl (C=O) groups excluding carboxylic acids is 1. The van der Waals surface area contributed by atoms with Crippen molar-refractivity contribution in [2.75, 3.05) is 23.8 Å². The highest BCUT2D eigenvalue weighted by atomic mass is 32.2. The van der Waals surface area contributed by atoms with E-state index in [1.54, 1.807) is 6.92 Å². The van der Waals surface area contributed by atoms with Gasteiger partial charge in [-0.3, -0.25) is 4.79 Å². The molecule has 0 bridgehead atoms. The number of likely N-dealkylation sites (N-methyl/N-ethyl adjacent to an activating group) is 1. The lowest BCUT2D eigenvalue weighted by atomic mass is 10.2. The Morgan fingerprint density at radius 3 is 2.54 bits per heavy atom. The second-order valence-corrected chi connectivity index (χ2v) is 7.54. The van der Waals surface area contributed by atoms with E-state index < -0.39 is 15.7 Å². The van der Waals surface area contributed by atoms with Crippen LogP contribution >= 0.6 is 11.5 Å². The number of halogens is 1. The lowest BCUT2D eigenvalue weighted by Crippen LogP contribution is -2.34. The van der Waals surface area contributed by atoms with E-state index in [9.17, 15) is 17.6 Å². The summed E-state index contributed by atoms with van der Waals surface area (Å²) in [6.45, 7) is 3.31. The smallest absolute Gasteiger partial charge is 0.294 e. The topological polar surface area (TPSA) is 89.5 Å². The number of hydrogen-bond donors (Lipinski definition) is 0. The normalized spacial score (nSPS) is 11.3. The van der Waals surface area contributed by atoms with E-state index in [4.69, 9.17) is 4.74 Å². The van der Waals surface area contributed by atoms with Gasteiger partial charge in [0.05, 0.1) is 5.75 Å². The molecule has 2 rings (SSSR count). The number of ether oxygens (including phenoxy) is 1. The molecule has 0 unspecified atom stereocenters. The van der Waals surface area contributed by atoms with Crippen LogP contribution in [0.15, 0.2) is 29.4 Å². The molecule has 0 radical (unpaired) electrons. The van der Waals surface area contributed by atoms with Gasteiger partial charge in [-0.15, -0.1) is 0 Å². The average molecular weight is 373 g/mol. The minimum atomic E-state index is -3.51. The van der Waals surface area contributed by atoms with Crippen molar-refractivity contribution in [2.45, 2.75) is 19.0 Å². The first kappa shape index (κ1) is 18.3. The van der Waals surface area contributed by atoms with Crippen molar-refractivity contribution >= 4 is 33.0 Å². The minimum absolute atomic E-state index is 0.00512. The van der Waals surface area contributed by atoms with Gasteiger partial charge in [0.25, 0.3) is 16.3 Å². The monoisotopic (exact) mass is 373 g/mol. The van der Waals surface area contributed by atoms with Gasteiger partial charge in [0, 0.05) is 23.8 Å². The van der Waals surface area contributed by atoms with Gasteiger partial charge in [-0.25, -0.2) is 12.8 Å². The highest BCUT2D eigenvalue weighted by Crippen LogP contribution is 2.19. The third kappa shape index (κ3) is 4.26. The molecule has 0 fully saturated rings. The van der Waals surface area contributed by atoms with Crippen molar-refractivity contribution in [1.82, 2.24) is 9.36 Å². The van der Waals surface area contributed by atoms with Crippen molar-refractivity contribution in [3.63, 3.8) is 0 Å². The molecular weight excluding hydrogens is 357 g/mol. The third-order valence-electron chi connectivity index (χ3n) is 3.12. The Labute approximate surface area is 143 Å². The molecule has 10 heteroatoms. The molecule has 0 atom stereocenters. The van der Waals surface area contributed by atoms with E-state index in [1.165, 1.54) is 36.1 Å². The highest BCUT2D eigenvalue weighted by Gasteiger charge is 2.20. The Morgan fingerprint density at radius 1 is 1.29 bits per heavy atom. The van der Waals surface area contributed by atoms with Crippen LogP contribution in [0.5, 0.6) is 5.19 Å². The summed E-state index contributed by atoms with van der Waals surface area (Å²) in [6, 6.07) is 5.51. The Hall–Kier alpha value is -2.07. The fourth-order valence-corrected chi connectivity index (χ4v) is 3.38. The molecule has 7 nitrogen and oxygen atoms in total. The van der Waals surface area contributed by atoms with Gasteiger partial charge in [0.2, 0.25) is 9.84 Å². The quantitative estimate of drug-likeness (QED) is 0.736. The number of amides is 1. The fraction of sp³-hybridized carbons (Fsp3) is 0.357. The molecular formula is C14H16FN3O4S2. The molecule has 0 saturated carbocycles. The largest absolute Gasteiger partial charge is 0.459 e. The molecule has 1 heterocycles. The first-order valence-corrected chi connectivity index (χ1v) is 9.55. The Kier molecular flexibility index (Phi) is 5.84. The maximum Gasteiger partial charge on any atom is 0.294 e. The molecule has 1 aromatic heterocycles. The Bertz CT molecular complexity index is 806. The van der Waals surface area contributed by atoms with Crippen molar-refractivity contribution in [2.24, 2.45) is 0 Å². The van der Waals surface area contributed by atoms with E-state index >= 15 is 0 Å². The van der Waals surface area contributed by atoms with Crippen molar-refractivity contribution in [3.8, 4) is 5.19 Å². The highest BCUT2D eigenvalue weighted by molar-refractivity contribution is 7.91. The summed E-state index contributed by atoms with van der Waals surface area (Å²) in [7, 11) is -3.51. The summed E-state index contributed by atoms with van der Waals surface area (Å²) < 4.78 is 45.2. The van der Waals surface area contributed by atoms with Crippen LogP contribution in [-0.2, 0) is 14.6 Å². The van der Waals surface area contributed by atoms with E-state index in [1.807, 2.05) is 0 Å². The predicted octanol–water partition coefficient (Wildman–Crippen LogP) is 1.90. The number of nitrogens with zero attached hydrogens (tertiary/aromatic N) is 3. The van der Waals surface area contributed by atoms with Crippen LogP contribution in [0, 0.1) is 5.82 Å². The summed E-state index contributed by atoms with van der Waals surface area (Å²) in [4.78, 5) is 17.4. The zero-order valence-electron chi connectivity index (χ0n) is 13.1. The first-order valence-electron chi connectivity index (χ1n) is 7.12. The van der Waals surface area contributed by atoms with Crippen molar-refractivity contribution in [3.05, 3.63) is 30.1 Å². The molecule has 1 aromatic carbocycles. The Balaban J connectivity index is 2.03. The SMILES string of the molecule is CCN(C(=O)COc1nc(S(=O)(=O)CC)ns1)c1ccc(F)cc1. The molecule has 0 saturated heterocycles. The van der Waals surface area contributed by atoms with Gasteiger partial charge in [-0.2, -0.15) is 9.36 Å². The van der Waals surface area contributed by atoms with Gasteiger partial charge in [-0.1, -0.05) is 6.92 Å². The molecule has 0 N–H and O–H groups in total. The molecule has 0 aliphatic heterocycles. The second kappa shape index (κ2) is 7.67. The summed E-state index contributed by atoms with van der Waals surface area (Å²) in [5.74, 6) is -0.868. The van der Waals surface area contributed by atoms with Crippen LogP contribution in [0.4, 0.5) is 10.1 Å². The van der Waals surface area contributed by atoms with Crippen LogP contribution in [0.3, 0.4) is 0 Å². The molecule has 130 valence electrons. The molecule has 0 aliphatic carbocycles. The summed E-state index contributed by atoms with van der Waals surface area (Å²) >= 11 is 0.768. The van der Waals surface area contributed by atoms with Gasteiger partial charge in [0.15, 0.2) is 6.61 Å². The predicted molar refractivity (Wildman–Crippen MR) is 87.6 cm³/mol. The maximum absolute atomic E-state index is 13.0. The number of aromatic nitrogens is 2. The molecule has 1 amide bonds. The van der Waals surface area contributed by atoms with Gasteiger partial charge < -0.3 is 9.64 Å². The third-order valence-corrected chi connectivity index (χ3v) is 5.37. The van der Waals surface area contributed by atoms with Crippen molar-refractivity contribution in [1.29, 1.82) is 0 Å². The van der Waals surface area contributed by atoms with Crippen LogP contribution < -0.4 is 9.64 Å². The first-order chi connectivity index (χ1) is 11.4. The summed E-state index contributed by atoms with van der Waals surface area (Å²) in [5.41, 5.74) is 0.541. The van der Waals surface area contributed by atoms with Crippen LogP contribution in [0.25, 0.3) is 0 Å². The number of rotatable bonds is 7. The fourth-order valence-electron chi connectivity index (χ4n) is 1.84. The standard InChI is InChI=1S/C14H16FN3O4S2/c1-3-18(11-7-5-10(15)6-8-11)12(19)9-22-14-16-13(17-23-14)24(20,21)4-2/h5-8H,3-4,9H2,1-2H3. The summed E-state index contributed by atoms with van der Waals surface area (Å²) in [6.07, 6.45) is 0. The second-order valence-electron chi connectivity index (χ2n) is 4.65. The average Bonchev–Trinajstić information content (AvgIpc) is 3.05. The van der Waals surface area contributed by atoms with E-state index in [2.05, 4.69) is 9.36 Å². The number of anilines is 1. The van der Waals surface area contributed by atoms with Crippen LogP contribution in [-0.4, -0.2) is 42.6 Å². The molecule has 2 aromatic rings. The Morgan fingerprint density at radius 2 is 1.96 bits per heavy atom. The van der Waals surface area contributed by atoms with E-state index in [0.717, 1.165) is 11.5 Å². The maximum atomic E-state index is 13.0. The zero-order valence-corrected chi connectivity index (χ0v) is 14.7. The number of sulfone groups is 1. The zero-order chi connectivity index (χ0) is 17.7. The number of carbonyl (C=O) groups is 1. The lowest BCUT2D eigenvalue weighted by Gasteiger charge is -2.20. The van der Waals surface area contributed by atoms with E-state index in [0.29, 0.717) is 12.2 Å². The van der Waals surface area contributed by atoms with Crippen LogP contribution in [0.2, 0.25) is 0 Å². The van der Waals surface area contributed by atoms with E-state index in [-0.39, 0.29) is 28.6 Å². The molecule has 0 aliphatic rings. The molecule has 0 spiro atoms. The van der Waals surface area contributed by atoms with Gasteiger partial charge >= 0.3 is 0 Å². The summed E-state index contributed by atoms with van der Waals surface area (Å²) in [5, 5.41) is -0.297. The minimum Gasteiger partial charge on any atom is -0.459 e. The van der Waals surface area contributed by atoms with Crippen molar-refractivity contribution < 1.29 is 22.3 Å². The van der Waals surface area contributed by atoms with Gasteiger partial charge in [0.1, 0.15) is 5.82 Å². The van der Waals surface area contributed by atoms with Gasteiger partial charge in [-0.05, 0) is 31.2 Å². The number of benzene rings is 1. The van der Waals surface area contributed by atoms with Crippen LogP contribution in [0.1, 0.15) is 13.8 Å².